The molecule has 0 bridgehead atoms. The van der Waals surface area contributed by atoms with Crippen molar-refractivity contribution in [2.75, 3.05) is 39.3 Å². The smallest absolute Gasteiger partial charge is 0.229 e. The van der Waals surface area contributed by atoms with E-state index in [9.17, 15) is 14.0 Å². The molecule has 4 aliphatic rings. The number of halogens is 1. The van der Waals surface area contributed by atoms with Crippen LogP contribution in [0.5, 0.6) is 0 Å². The number of carbonyl (C=O) groups excluding carboxylic acids is 2. The third-order valence-electron chi connectivity index (χ3n) is 9.38. The number of likely N-dealkylation sites (tertiary alicyclic amines) is 3. The monoisotopic (exact) mass is 503 g/mol. The van der Waals surface area contributed by atoms with Gasteiger partial charge in [-0.25, -0.2) is 4.39 Å². The Morgan fingerprint density at radius 3 is 2.32 bits per heavy atom. The number of rotatable bonds is 7. The van der Waals surface area contributed by atoms with E-state index < -0.39 is 0 Å². The van der Waals surface area contributed by atoms with Crippen LogP contribution in [0.1, 0.15) is 55.6 Å². The SMILES string of the molecule is O=C(CC1CC1)N1CC(c2ccccc2)[C@@H](CN2CCC3(CC2)CCN(Cc2ccc(F)cc2)C3=O)C1. The Morgan fingerprint density at radius 1 is 0.919 bits per heavy atom. The van der Waals surface area contributed by atoms with Gasteiger partial charge in [0.2, 0.25) is 11.8 Å². The Morgan fingerprint density at radius 2 is 1.62 bits per heavy atom. The van der Waals surface area contributed by atoms with Crippen LogP contribution in [0.15, 0.2) is 54.6 Å². The Kier molecular flexibility index (Phi) is 6.78. The molecule has 0 aromatic heterocycles. The van der Waals surface area contributed by atoms with E-state index >= 15 is 0 Å². The Hall–Kier alpha value is -2.73. The van der Waals surface area contributed by atoms with Crippen LogP contribution in [0.3, 0.4) is 0 Å². The maximum Gasteiger partial charge on any atom is 0.229 e. The summed E-state index contributed by atoms with van der Waals surface area (Å²) in [7, 11) is 0. The van der Waals surface area contributed by atoms with Crippen molar-refractivity contribution in [1.82, 2.24) is 14.7 Å². The number of nitrogens with zero attached hydrogens (tertiary/aromatic N) is 3. The number of benzene rings is 2. The molecule has 3 aliphatic heterocycles. The van der Waals surface area contributed by atoms with Gasteiger partial charge in [-0.3, -0.25) is 9.59 Å². The number of piperidine rings is 1. The lowest BCUT2D eigenvalue weighted by molar-refractivity contribution is -0.139. The first kappa shape index (κ1) is 24.6. The van der Waals surface area contributed by atoms with Crippen LogP contribution in [0.25, 0.3) is 0 Å². The van der Waals surface area contributed by atoms with Gasteiger partial charge in [-0.1, -0.05) is 42.5 Å². The molecular formula is C31H38FN3O2. The lowest BCUT2D eigenvalue weighted by Crippen LogP contribution is -2.46. The maximum atomic E-state index is 13.4. The standard InChI is InChI=1S/C31H38FN3O2/c32-27-10-8-24(9-11-27)19-34-17-14-31(30(34)37)12-15-33(16-13-31)20-26-21-35(29(36)18-23-6-7-23)22-28(26)25-4-2-1-3-5-25/h1-5,8-11,23,26,28H,6-7,12-22H2/t26-,28?/m0/s1. The summed E-state index contributed by atoms with van der Waals surface area (Å²) >= 11 is 0. The van der Waals surface area contributed by atoms with Crippen molar-refractivity contribution in [3.05, 3.63) is 71.5 Å². The van der Waals surface area contributed by atoms with Crippen molar-refractivity contribution in [2.24, 2.45) is 17.3 Å². The van der Waals surface area contributed by atoms with Crippen molar-refractivity contribution in [1.29, 1.82) is 0 Å². The zero-order valence-corrected chi connectivity index (χ0v) is 21.7. The van der Waals surface area contributed by atoms with E-state index in [1.165, 1.54) is 30.5 Å². The molecule has 4 fully saturated rings. The van der Waals surface area contributed by atoms with Crippen LogP contribution < -0.4 is 0 Å². The van der Waals surface area contributed by atoms with Crippen molar-refractivity contribution in [2.45, 2.75) is 51.0 Å². The summed E-state index contributed by atoms with van der Waals surface area (Å²) < 4.78 is 13.3. The molecule has 6 rings (SSSR count). The molecule has 37 heavy (non-hydrogen) atoms. The van der Waals surface area contributed by atoms with E-state index in [0.717, 1.165) is 70.5 Å². The van der Waals surface area contributed by atoms with Crippen molar-refractivity contribution in [3.8, 4) is 0 Å². The number of hydrogen-bond acceptors (Lipinski definition) is 3. The quantitative estimate of drug-likeness (QED) is 0.551. The predicted molar refractivity (Wildman–Crippen MR) is 141 cm³/mol. The second kappa shape index (κ2) is 10.2. The average molecular weight is 504 g/mol. The zero-order chi connectivity index (χ0) is 25.4. The van der Waals surface area contributed by atoms with Crippen molar-refractivity contribution >= 4 is 11.8 Å². The molecule has 0 radical (unpaired) electrons. The highest BCUT2D eigenvalue weighted by Crippen LogP contribution is 2.43. The minimum absolute atomic E-state index is 0.239. The number of hydrogen-bond donors (Lipinski definition) is 0. The topological polar surface area (TPSA) is 43.9 Å². The largest absolute Gasteiger partial charge is 0.342 e. The summed E-state index contributed by atoms with van der Waals surface area (Å²) in [6.07, 6.45) is 5.86. The highest BCUT2D eigenvalue weighted by molar-refractivity contribution is 5.85. The van der Waals surface area contributed by atoms with E-state index in [1.54, 1.807) is 12.1 Å². The maximum absolute atomic E-state index is 13.4. The fourth-order valence-electron chi connectivity index (χ4n) is 6.85. The van der Waals surface area contributed by atoms with E-state index in [4.69, 9.17) is 0 Å². The predicted octanol–water partition coefficient (Wildman–Crippen LogP) is 4.68. The minimum Gasteiger partial charge on any atom is -0.342 e. The number of amides is 2. The molecule has 3 saturated heterocycles. The molecule has 0 N–H and O–H groups in total. The molecule has 2 atom stereocenters. The Bertz CT molecular complexity index is 1110. The van der Waals surface area contributed by atoms with E-state index in [1.807, 2.05) is 4.90 Å². The Balaban J connectivity index is 1.07. The van der Waals surface area contributed by atoms with E-state index in [-0.39, 0.29) is 17.1 Å². The van der Waals surface area contributed by atoms with Gasteiger partial charge in [0.1, 0.15) is 5.82 Å². The molecule has 1 saturated carbocycles. The third kappa shape index (κ3) is 5.31. The Labute approximate surface area is 219 Å². The van der Waals surface area contributed by atoms with Crippen LogP contribution in [-0.4, -0.2) is 65.8 Å². The van der Waals surface area contributed by atoms with Crippen LogP contribution in [-0.2, 0) is 16.1 Å². The van der Waals surface area contributed by atoms with Gasteiger partial charge in [-0.15, -0.1) is 0 Å². The summed E-state index contributed by atoms with van der Waals surface area (Å²) in [6, 6.07) is 17.2. The second-order valence-electron chi connectivity index (χ2n) is 11.9. The lowest BCUT2D eigenvalue weighted by Gasteiger charge is -2.39. The molecular weight excluding hydrogens is 465 g/mol. The van der Waals surface area contributed by atoms with Crippen molar-refractivity contribution < 1.29 is 14.0 Å². The third-order valence-corrected chi connectivity index (χ3v) is 9.38. The number of carbonyl (C=O) groups is 2. The molecule has 196 valence electrons. The van der Waals surface area contributed by atoms with E-state index in [0.29, 0.717) is 30.2 Å². The zero-order valence-electron chi connectivity index (χ0n) is 21.7. The molecule has 2 aromatic carbocycles. The van der Waals surface area contributed by atoms with Crippen LogP contribution in [0.4, 0.5) is 4.39 Å². The highest BCUT2D eigenvalue weighted by Gasteiger charge is 2.48. The first-order chi connectivity index (χ1) is 18.0. The lowest BCUT2D eigenvalue weighted by atomic mass is 9.76. The van der Waals surface area contributed by atoms with E-state index in [2.05, 4.69) is 40.1 Å². The summed E-state index contributed by atoms with van der Waals surface area (Å²) in [6.45, 7) is 5.87. The summed E-state index contributed by atoms with van der Waals surface area (Å²) in [5.41, 5.74) is 2.08. The summed E-state index contributed by atoms with van der Waals surface area (Å²) in [4.78, 5) is 33.0. The average Bonchev–Trinajstić information content (AvgIpc) is 3.56. The molecule has 2 amide bonds. The second-order valence-corrected chi connectivity index (χ2v) is 11.9. The molecule has 1 spiro atoms. The highest BCUT2D eigenvalue weighted by atomic mass is 19.1. The van der Waals surface area contributed by atoms with Gasteiger partial charge in [-0.05, 0) is 80.3 Å². The van der Waals surface area contributed by atoms with Gasteiger partial charge in [0.05, 0.1) is 5.41 Å². The van der Waals surface area contributed by atoms with Gasteiger partial charge in [-0.2, -0.15) is 0 Å². The van der Waals surface area contributed by atoms with Gasteiger partial charge >= 0.3 is 0 Å². The van der Waals surface area contributed by atoms with Crippen LogP contribution >= 0.6 is 0 Å². The molecule has 1 unspecified atom stereocenters. The van der Waals surface area contributed by atoms with Crippen LogP contribution in [0, 0.1) is 23.1 Å². The molecule has 2 aromatic rings. The first-order valence-corrected chi connectivity index (χ1v) is 14.1. The molecule has 5 nitrogen and oxygen atoms in total. The van der Waals surface area contributed by atoms with Crippen LogP contribution in [0.2, 0.25) is 0 Å². The normalized spacial score (nSPS) is 25.8. The molecule has 6 heteroatoms. The minimum atomic E-state index is -0.243. The fraction of sp³-hybridized carbons (Fsp3) is 0.548. The van der Waals surface area contributed by atoms with Gasteiger partial charge in [0, 0.05) is 45.1 Å². The first-order valence-electron chi connectivity index (χ1n) is 14.1. The molecule has 1 aliphatic carbocycles. The molecule has 3 heterocycles. The summed E-state index contributed by atoms with van der Waals surface area (Å²) in [5, 5.41) is 0. The summed E-state index contributed by atoms with van der Waals surface area (Å²) in [5.74, 6) is 1.78. The fourth-order valence-corrected chi connectivity index (χ4v) is 6.85. The van der Waals surface area contributed by atoms with Gasteiger partial charge in [0.25, 0.3) is 0 Å². The van der Waals surface area contributed by atoms with Crippen molar-refractivity contribution in [3.63, 3.8) is 0 Å². The van der Waals surface area contributed by atoms with Gasteiger partial charge < -0.3 is 14.7 Å². The van der Waals surface area contributed by atoms with Gasteiger partial charge in [0.15, 0.2) is 0 Å².